The molecule has 2 N–H and O–H groups in total. The molecule has 0 aliphatic carbocycles. The number of carbonyl (C=O) groups is 4. The number of Topliss-reactive ketones (excluding diaryl/α,β-unsaturated/α-hetero) is 2. The molecular weight excluding hydrogens is 1000 g/mol. The Kier molecular flexibility index (Phi) is 68.7. The highest BCUT2D eigenvalue weighted by molar-refractivity contribution is 5.75. The summed E-state index contributed by atoms with van der Waals surface area (Å²) in [6, 6.07) is 0. The molecule has 0 rings (SSSR count). The lowest BCUT2D eigenvalue weighted by Gasteiger charge is -2.28. The highest BCUT2D eigenvalue weighted by Crippen LogP contribution is 2.35. The molecule has 4 atom stereocenters. The average Bonchev–Trinajstić information content (AvgIpc) is 3.45. The zero-order chi connectivity index (χ0) is 60.5. The first kappa shape index (κ1) is 82.3. The number of hydrogen-bond donors (Lipinski definition) is 2. The van der Waals surface area contributed by atoms with Gasteiger partial charge in [0.25, 0.3) is 0 Å². The molecular formula is C76H150N2O4. The van der Waals surface area contributed by atoms with Crippen LogP contribution >= 0.6 is 0 Å². The monoisotopic (exact) mass is 1160 g/mol. The molecule has 0 fully saturated rings. The van der Waals surface area contributed by atoms with E-state index in [1.807, 2.05) is 0 Å². The fourth-order valence-electron chi connectivity index (χ4n) is 13.2. The summed E-state index contributed by atoms with van der Waals surface area (Å²) in [4.78, 5) is 44.7. The second-order valence-corrected chi connectivity index (χ2v) is 26.8. The van der Waals surface area contributed by atoms with E-state index in [1.165, 1.54) is 334 Å². The van der Waals surface area contributed by atoms with Gasteiger partial charge < -0.3 is 20.2 Å². The van der Waals surface area contributed by atoms with Gasteiger partial charge in [0.05, 0.1) is 0 Å². The molecule has 2 amide bonds. The van der Waals surface area contributed by atoms with Crippen LogP contribution in [-0.4, -0.2) is 36.5 Å². The molecule has 4 unspecified atom stereocenters. The number of nitrogens with one attached hydrogen (secondary N) is 2. The molecule has 0 aromatic heterocycles. The van der Waals surface area contributed by atoms with Crippen molar-refractivity contribution >= 4 is 23.4 Å². The molecule has 0 saturated heterocycles. The highest BCUT2D eigenvalue weighted by atomic mass is 16.2. The van der Waals surface area contributed by atoms with E-state index in [4.69, 9.17) is 0 Å². The minimum absolute atomic E-state index is 0.0974. The van der Waals surface area contributed by atoms with Crippen molar-refractivity contribution in [3.05, 3.63) is 0 Å². The summed E-state index contributed by atoms with van der Waals surface area (Å²) in [5, 5.41) is 5.88. The molecule has 0 aliphatic heterocycles. The quantitative estimate of drug-likeness (QED) is 0.0594. The molecule has 6 nitrogen and oxygen atoms in total. The summed E-state index contributed by atoms with van der Waals surface area (Å²) in [7, 11) is 0. The zero-order valence-electron chi connectivity index (χ0n) is 57.4. The summed E-state index contributed by atoms with van der Waals surface area (Å²) in [5.41, 5.74) is 0. The molecule has 0 bridgehead atoms. The topological polar surface area (TPSA) is 92.3 Å². The smallest absolute Gasteiger partial charge is 0.216 e. The molecule has 82 heavy (non-hydrogen) atoms. The van der Waals surface area contributed by atoms with Gasteiger partial charge in [-0.1, -0.05) is 362 Å². The number of hydrogen-bond acceptors (Lipinski definition) is 4. The largest absolute Gasteiger partial charge is 0.356 e. The minimum atomic E-state index is 0.0974. The normalized spacial score (nSPS) is 12.9. The van der Waals surface area contributed by atoms with Crippen LogP contribution in [0.5, 0.6) is 0 Å². The second-order valence-electron chi connectivity index (χ2n) is 26.8. The molecule has 0 radical (unpaired) electrons. The van der Waals surface area contributed by atoms with Crippen LogP contribution < -0.4 is 10.6 Å². The number of unbranched alkanes of at least 4 members (excludes halogenated alkanes) is 40. The summed E-state index contributed by atoms with van der Waals surface area (Å²) < 4.78 is 0. The first-order valence-electron chi connectivity index (χ1n) is 37.5. The average molecular weight is 1160 g/mol. The van der Waals surface area contributed by atoms with Gasteiger partial charge in [-0.3, -0.25) is 9.59 Å². The Balaban J connectivity index is 0. The molecule has 0 aliphatic rings. The lowest BCUT2D eigenvalue weighted by atomic mass is 9.78. The third kappa shape index (κ3) is 65.8. The van der Waals surface area contributed by atoms with Crippen molar-refractivity contribution in [2.75, 3.05) is 13.1 Å². The van der Waals surface area contributed by atoms with Crippen molar-refractivity contribution in [3.8, 4) is 0 Å². The minimum Gasteiger partial charge on any atom is -0.356 e. The van der Waals surface area contributed by atoms with Crippen LogP contribution in [0, 0.1) is 23.7 Å². The van der Waals surface area contributed by atoms with Crippen LogP contribution in [0.4, 0.5) is 0 Å². The second kappa shape index (κ2) is 68.4. The third-order valence-corrected chi connectivity index (χ3v) is 18.5. The van der Waals surface area contributed by atoms with Gasteiger partial charge in [-0.2, -0.15) is 0 Å². The van der Waals surface area contributed by atoms with Crippen LogP contribution in [-0.2, 0) is 19.2 Å². The summed E-state index contributed by atoms with van der Waals surface area (Å²) in [5.74, 6) is 4.57. The van der Waals surface area contributed by atoms with Crippen molar-refractivity contribution in [2.24, 2.45) is 23.7 Å². The molecule has 0 aromatic carbocycles. The number of carbonyl (C=O) groups excluding carboxylic acids is 4. The Morgan fingerprint density at radius 1 is 0.220 bits per heavy atom. The van der Waals surface area contributed by atoms with E-state index >= 15 is 0 Å². The van der Waals surface area contributed by atoms with Crippen LogP contribution in [0.3, 0.4) is 0 Å². The highest BCUT2D eigenvalue weighted by Gasteiger charge is 2.22. The summed E-state index contributed by atoms with van der Waals surface area (Å²) in [6.45, 7) is 17.6. The lowest BCUT2D eigenvalue weighted by Crippen LogP contribution is -2.20. The fourth-order valence-corrected chi connectivity index (χ4v) is 13.2. The van der Waals surface area contributed by atoms with Gasteiger partial charge >= 0.3 is 0 Å². The van der Waals surface area contributed by atoms with E-state index in [9.17, 15) is 19.2 Å². The molecule has 488 valence electrons. The van der Waals surface area contributed by atoms with Crippen LogP contribution in [0.25, 0.3) is 0 Å². The van der Waals surface area contributed by atoms with Gasteiger partial charge in [-0.25, -0.2) is 0 Å². The van der Waals surface area contributed by atoms with E-state index in [0.29, 0.717) is 11.6 Å². The first-order chi connectivity index (χ1) is 40.0. The third-order valence-electron chi connectivity index (χ3n) is 18.5. The van der Waals surface area contributed by atoms with Gasteiger partial charge in [-0.05, 0) is 63.2 Å². The van der Waals surface area contributed by atoms with Gasteiger partial charge in [0.1, 0.15) is 11.6 Å². The standard InChI is InChI=1S/C38H76N2O2.C38H74O2/c1-5-7-9-11-13-17-23-29-37(31-25-19-15-21-27-33-39-35(3)41)38(30-24-18-14-12-10-8-6-2)32-26-20-16-22-28-34-40-36(4)42;1-5-7-9-11-13-19-25-31-37(33-27-21-15-17-23-29-35(3)39)38(32-26-20-14-12-10-8-6-2)34-28-22-16-18-24-30-36(4)40/h37-38H,5-34H2,1-4H3,(H,39,41)(H,40,42);37-38H,5-34H2,1-4H3. The zero-order valence-corrected chi connectivity index (χ0v) is 57.4. The van der Waals surface area contributed by atoms with Crippen molar-refractivity contribution < 1.29 is 19.2 Å². The predicted molar refractivity (Wildman–Crippen MR) is 363 cm³/mol. The fraction of sp³-hybridized carbons (Fsp3) is 0.947. The first-order valence-corrected chi connectivity index (χ1v) is 37.5. The van der Waals surface area contributed by atoms with Gasteiger partial charge in [0.15, 0.2) is 0 Å². The van der Waals surface area contributed by atoms with E-state index in [0.717, 1.165) is 75.3 Å². The van der Waals surface area contributed by atoms with E-state index in [-0.39, 0.29) is 11.8 Å². The predicted octanol–water partition coefficient (Wildman–Crippen LogP) is 24.6. The van der Waals surface area contributed by atoms with Crippen molar-refractivity contribution in [3.63, 3.8) is 0 Å². The lowest BCUT2D eigenvalue weighted by molar-refractivity contribution is -0.119. The number of rotatable bonds is 66. The Morgan fingerprint density at radius 2 is 0.378 bits per heavy atom. The van der Waals surface area contributed by atoms with Gasteiger partial charge in [0, 0.05) is 39.8 Å². The Bertz CT molecular complexity index is 1220. The molecule has 0 aromatic rings. The van der Waals surface area contributed by atoms with E-state index in [1.54, 1.807) is 27.7 Å². The van der Waals surface area contributed by atoms with Crippen molar-refractivity contribution in [1.29, 1.82) is 0 Å². The maximum absolute atomic E-state index is 11.2. The van der Waals surface area contributed by atoms with E-state index in [2.05, 4.69) is 38.3 Å². The Morgan fingerprint density at radius 3 is 0.549 bits per heavy atom. The van der Waals surface area contributed by atoms with Crippen LogP contribution in [0.1, 0.15) is 428 Å². The number of amides is 2. The van der Waals surface area contributed by atoms with Crippen LogP contribution in [0.15, 0.2) is 0 Å². The summed E-state index contributed by atoms with van der Waals surface area (Å²) in [6.07, 6.45) is 78.3. The molecule has 0 spiro atoms. The molecule has 0 heterocycles. The maximum Gasteiger partial charge on any atom is 0.216 e. The molecule has 0 saturated carbocycles. The van der Waals surface area contributed by atoms with E-state index < -0.39 is 0 Å². The number of ketones is 2. The maximum atomic E-state index is 11.2. The van der Waals surface area contributed by atoms with Crippen molar-refractivity contribution in [1.82, 2.24) is 10.6 Å². The summed E-state index contributed by atoms with van der Waals surface area (Å²) >= 11 is 0. The van der Waals surface area contributed by atoms with Gasteiger partial charge in [-0.15, -0.1) is 0 Å². The Labute approximate surface area is 515 Å². The van der Waals surface area contributed by atoms with Crippen molar-refractivity contribution in [2.45, 2.75) is 428 Å². The molecule has 6 heteroatoms. The Hall–Kier alpha value is -1.72. The SMILES string of the molecule is CCCCCCCCCC(CCCCCCCC(C)=O)C(CCCCCCCCC)CCCCCCCC(C)=O.CCCCCCCCCC(CCCCCCCNC(C)=O)C(CCCCCCCCC)CCCCCCCNC(C)=O. The van der Waals surface area contributed by atoms with Gasteiger partial charge in [0.2, 0.25) is 11.8 Å². The van der Waals surface area contributed by atoms with Crippen LogP contribution in [0.2, 0.25) is 0 Å².